The fourth-order valence-corrected chi connectivity index (χ4v) is 8.62. The quantitative estimate of drug-likeness (QED) is 0.180. The van der Waals surface area contributed by atoms with E-state index in [2.05, 4.69) is 76.9 Å². The number of nitrogens with zero attached hydrogens (tertiary/aromatic N) is 2. The first-order valence-corrected chi connectivity index (χ1v) is 17.2. The van der Waals surface area contributed by atoms with E-state index in [1.807, 2.05) is 6.92 Å². The number of carboxylic acids is 2. The van der Waals surface area contributed by atoms with Crippen LogP contribution in [0.2, 0.25) is 0 Å². The lowest BCUT2D eigenvalue weighted by Gasteiger charge is -2.56. The second-order valence-corrected chi connectivity index (χ2v) is 13.9. The molecule has 0 spiro atoms. The normalized spacial score (nSPS) is 27.2. The maximum absolute atomic E-state index is 13.3. The third-order valence-electron chi connectivity index (χ3n) is 11.5. The lowest BCUT2D eigenvalue weighted by molar-refractivity contribution is -0.171. The highest BCUT2D eigenvalue weighted by Crippen LogP contribution is 2.57. The lowest BCUT2D eigenvalue weighted by atomic mass is 9.51. The van der Waals surface area contributed by atoms with E-state index in [9.17, 15) is 25.1 Å². The first-order chi connectivity index (χ1) is 23.1. The number of likely N-dealkylation sites (tertiary alicyclic amines) is 1. The average Bonchev–Trinajstić information content (AvgIpc) is 3.10. The minimum atomic E-state index is -1.42. The Bertz CT molecular complexity index is 1540. The number of nitrogens with one attached hydrogen (secondary N) is 1. The van der Waals surface area contributed by atoms with Gasteiger partial charge in [0.2, 0.25) is 0 Å². The molecule has 48 heavy (non-hydrogen) atoms. The molecule has 0 amide bonds. The van der Waals surface area contributed by atoms with Crippen LogP contribution >= 0.6 is 0 Å². The van der Waals surface area contributed by atoms with Crippen LogP contribution in [-0.2, 0) is 19.7 Å². The van der Waals surface area contributed by atoms with Gasteiger partial charge in [-0.05, 0) is 94.8 Å². The van der Waals surface area contributed by atoms with Crippen LogP contribution in [0.4, 0.5) is 0 Å². The predicted molar refractivity (Wildman–Crippen MR) is 186 cm³/mol. The highest BCUT2D eigenvalue weighted by atomic mass is 16.5. The number of rotatable bonds is 13. The molecule has 8 nitrogen and oxygen atoms in total. The highest BCUT2D eigenvalue weighted by Gasteiger charge is 2.64. The van der Waals surface area contributed by atoms with Crippen molar-refractivity contribution in [2.45, 2.75) is 76.3 Å². The molecule has 3 aromatic carbocycles. The van der Waals surface area contributed by atoms with Gasteiger partial charge < -0.3 is 25.2 Å². The van der Waals surface area contributed by atoms with Crippen LogP contribution in [0, 0.1) is 22.2 Å². The van der Waals surface area contributed by atoms with Gasteiger partial charge in [0.25, 0.3) is 0 Å². The van der Waals surface area contributed by atoms with Gasteiger partial charge in [0.15, 0.2) is 0 Å². The first kappa shape index (κ1) is 35.3. The van der Waals surface area contributed by atoms with Crippen LogP contribution in [0.3, 0.4) is 0 Å². The van der Waals surface area contributed by atoms with E-state index in [0.29, 0.717) is 30.8 Å². The second kappa shape index (κ2) is 15.0. The molecule has 2 aliphatic rings. The Morgan fingerprint density at radius 3 is 2.04 bits per heavy atom. The van der Waals surface area contributed by atoms with E-state index in [-0.39, 0.29) is 11.8 Å². The summed E-state index contributed by atoms with van der Waals surface area (Å²) in [7, 11) is 0. The van der Waals surface area contributed by atoms with Crippen molar-refractivity contribution in [3.05, 3.63) is 107 Å². The molecule has 0 radical (unpaired) electrons. The van der Waals surface area contributed by atoms with Crippen LogP contribution in [0.1, 0.15) is 81.0 Å². The molecule has 0 bridgehead atoms. The molecule has 2 aliphatic heterocycles. The highest BCUT2D eigenvalue weighted by molar-refractivity contribution is 5.84. The van der Waals surface area contributed by atoms with Crippen LogP contribution in [0.25, 0.3) is 0 Å². The zero-order chi connectivity index (χ0) is 34.4. The number of carbonyl (C=O) groups is 2. The molecular weight excluding hydrogens is 602 g/mol. The van der Waals surface area contributed by atoms with Gasteiger partial charge in [-0.1, -0.05) is 72.8 Å². The van der Waals surface area contributed by atoms with E-state index in [0.717, 1.165) is 38.9 Å². The Hall–Kier alpha value is -4.03. The Balaban J connectivity index is 1.19. The van der Waals surface area contributed by atoms with Crippen molar-refractivity contribution in [1.82, 2.24) is 10.2 Å². The van der Waals surface area contributed by atoms with Crippen molar-refractivity contribution >= 4 is 11.9 Å². The van der Waals surface area contributed by atoms with E-state index in [4.69, 9.17) is 4.74 Å². The molecule has 254 valence electrons. The Morgan fingerprint density at radius 2 is 1.48 bits per heavy atom. The smallest absolute Gasteiger partial charge is 0.311 e. The largest absolute Gasteiger partial charge is 0.481 e. The fraction of sp³-hybridized carbons (Fsp3) is 0.475. The molecule has 5 unspecified atom stereocenters. The number of carboxylic acid groups (broad SMARTS) is 2. The third kappa shape index (κ3) is 6.64. The van der Waals surface area contributed by atoms with Gasteiger partial charge in [-0.25, -0.2) is 0 Å². The van der Waals surface area contributed by atoms with Gasteiger partial charge in [-0.15, -0.1) is 0 Å². The summed E-state index contributed by atoms with van der Waals surface area (Å²) in [5.74, 6) is -2.97. The maximum Gasteiger partial charge on any atom is 0.311 e. The van der Waals surface area contributed by atoms with Gasteiger partial charge in [0, 0.05) is 43.2 Å². The Morgan fingerprint density at radius 1 is 0.875 bits per heavy atom. The summed E-state index contributed by atoms with van der Waals surface area (Å²) in [6.45, 7) is 9.16. The van der Waals surface area contributed by atoms with Gasteiger partial charge in [0.1, 0.15) is 0 Å². The predicted octanol–water partition coefficient (Wildman–Crippen LogP) is 6.45. The average molecular weight is 652 g/mol. The molecule has 3 N–H and O–H groups in total. The molecule has 5 atom stereocenters. The zero-order valence-corrected chi connectivity index (χ0v) is 28.4. The molecule has 0 saturated carbocycles. The molecular formula is C40H49N3O5. The topological polar surface area (TPSA) is 123 Å². The molecule has 3 aromatic rings. The van der Waals surface area contributed by atoms with Crippen molar-refractivity contribution in [2.24, 2.45) is 10.8 Å². The minimum Gasteiger partial charge on any atom is -0.481 e. The van der Waals surface area contributed by atoms with Crippen LogP contribution in [-0.4, -0.2) is 72.0 Å². The number of ether oxygens (including phenoxy) is 1. The minimum absolute atomic E-state index is 0.0169. The van der Waals surface area contributed by atoms with E-state index in [1.165, 1.54) is 11.1 Å². The van der Waals surface area contributed by atoms with Gasteiger partial charge in [0.05, 0.1) is 22.5 Å². The number of nitriles is 1. The van der Waals surface area contributed by atoms with Crippen molar-refractivity contribution in [3.63, 3.8) is 0 Å². The van der Waals surface area contributed by atoms with E-state index >= 15 is 0 Å². The molecule has 2 heterocycles. The van der Waals surface area contributed by atoms with E-state index < -0.39 is 40.8 Å². The summed E-state index contributed by atoms with van der Waals surface area (Å²) in [6, 6.07) is 29.6. The molecule has 0 aromatic heterocycles. The van der Waals surface area contributed by atoms with Crippen molar-refractivity contribution < 1.29 is 24.5 Å². The summed E-state index contributed by atoms with van der Waals surface area (Å²) in [5, 5.41) is 34.2. The zero-order valence-electron chi connectivity index (χ0n) is 28.4. The number of piperidine rings is 2. The van der Waals surface area contributed by atoms with Crippen LogP contribution < -0.4 is 5.32 Å². The summed E-state index contributed by atoms with van der Waals surface area (Å²) in [5.41, 5.74) is 0.858. The molecule has 0 aliphatic carbocycles. The van der Waals surface area contributed by atoms with Crippen LogP contribution in [0.5, 0.6) is 0 Å². The monoisotopic (exact) mass is 651 g/mol. The van der Waals surface area contributed by atoms with Gasteiger partial charge in [-0.2, -0.15) is 5.26 Å². The van der Waals surface area contributed by atoms with Crippen molar-refractivity contribution in [1.29, 1.82) is 5.26 Å². The SMILES string of the molecule is CC1NC(C)C(CCCOCCCN2CCC(c3ccccc3)(c3ccccc3)CC2)(C(=O)O)C(c2cccc(C#N)c2)C1(C)C(=O)O. The maximum atomic E-state index is 13.3. The number of benzene rings is 3. The molecule has 2 fully saturated rings. The summed E-state index contributed by atoms with van der Waals surface area (Å²) in [6.07, 6.45) is 3.69. The Kier molecular flexibility index (Phi) is 11.0. The van der Waals surface area contributed by atoms with Crippen LogP contribution in [0.15, 0.2) is 84.9 Å². The number of hydrogen-bond donors (Lipinski definition) is 3. The van der Waals surface area contributed by atoms with Crippen molar-refractivity contribution in [2.75, 3.05) is 32.8 Å². The number of hydrogen-bond acceptors (Lipinski definition) is 6. The molecule has 2 saturated heterocycles. The van der Waals surface area contributed by atoms with E-state index in [1.54, 1.807) is 38.1 Å². The summed E-state index contributed by atoms with van der Waals surface area (Å²) < 4.78 is 6.05. The molecule has 8 heteroatoms. The Labute approximate surface area is 284 Å². The summed E-state index contributed by atoms with van der Waals surface area (Å²) in [4.78, 5) is 28.6. The van der Waals surface area contributed by atoms with Gasteiger partial charge >= 0.3 is 11.9 Å². The number of aliphatic carboxylic acids is 2. The molecule has 5 rings (SSSR count). The van der Waals surface area contributed by atoms with Crippen molar-refractivity contribution in [3.8, 4) is 6.07 Å². The third-order valence-corrected chi connectivity index (χ3v) is 11.5. The lowest BCUT2D eigenvalue weighted by Crippen LogP contribution is -2.68. The standard InChI is InChI=1S/C40H49N3O5/c1-29-38(3,36(44)45)35(32-14-10-13-31(27-32)28-41)40(37(46)47,30(2)42-29)19-11-25-48-26-12-22-43-23-20-39(21-24-43,33-15-6-4-7-16-33)34-17-8-5-9-18-34/h4-10,13-18,27,29-30,35,42H,11-12,19-26H2,1-3H3,(H,44,45)(H,46,47). The second-order valence-electron chi connectivity index (χ2n) is 13.9. The first-order valence-electron chi connectivity index (χ1n) is 17.2. The fourth-order valence-electron chi connectivity index (χ4n) is 8.62. The summed E-state index contributed by atoms with van der Waals surface area (Å²) >= 11 is 0. The van der Waals surface area contributed by atoms with Gasteiger partial charge in [-0.3, -0.25) is 9.59 Å².